The second-order valence-electron chi connectivity index (χ2n) is 6.57. The van der Waals surface area contributed by atoms with Crippen LogP contribution < -0.4 is 4.74 Å². The van der Waals surface area contributed by atoms with Crippen molar-refractivity contribution in [1.82, 2.24) is 14.7 Å². The van der Waals surface area contributed by atoms with Crippen LogP contribution in [0.5, 0.6) is 5.75 Å². The lowest BCUT2D eigenvalue weighted by atomic mass is 10.1. The average Bonchev–Trinajstić information content (AvgIpc) is 3.27. The third-order valence-electron chi connectivity index (χ3n) is 4.68. The molecule has 0 radical (unpaired) electrons. The molecule has 0 N–H and O–H groups in total. The zero-order valence-corrected chi connectivity index (χ0v) is 14.9. The molecule has 0 bridgehead atoms. The van der Waals surface area contributed by atoms with Crippen molar-refractivity contribution in [2.45, 2.75) is 12.6 Å². The molecule has 0 aliphatic carbocycles. The number of aromatic nitrogens is 2. The molecule has 0 amide bonds. The van der Waals surface area contributed by atoms with Gasteiger partial charge in [0, 0.05) is 37.3 Å². The summed E-state index contributed by atoms with van der Waals surface area (Å²) >= 11 is 0. The van der Waals surface area contributed by atoms with Crippen LogP contribution >= 0.6 is 0 Å². The number of esters is 1. The molecule has 4 rings (SSSR count). The van der Waals surface area contributed by atoms with Crippen LogP contribution in [-0.4, -0.2) is 47.0 Å². The van der Waals surface area contributed by atoms with Crippen molar-refractivity contribution in [1.29, 1.82) is 0 Å². The van der Waals surface area contributed by atoms with Crippen molar-refractivity contribution in [3.05, 3.63) is 59.9 Å². The molecule has 1 saturated heterocycles. The maximum absolute atomic E-state index is 12.1. The fourth-order valence-electron chi connectivity index (χ4n) is 3.21. The number of aryl methyl sites for hydroxylation is 1. The highest BCUT2D eigenvalue weighted by Crippen LogP contribution is 2.32. The van der Waals surface area contributed by atoms with Crippen molar-refractivity contribution in [3.63, 3.8) is 0 Å². The lowest BCUT2D eigenvalue weighted by Crippen LogP contribution is -2.13. The van der Waals surface area contributed by atoms with Gasteiger partial charge in [-0.15, -0.1) is 0 Å². The standard InChI is InChI=1S/C20H21N3O3/c1-22-10-14(9-21-22)11-23-12-16(23)13-26-19-17-6-4-3-5-15(17)7-8-18(19)20(24)25-2/h3-10,16H,11-13H2,1-2H3. The van der Waals surface area contributed by atoms with E-state index in [0.717, 1.165) is 23.9 Å². The minimum absolute atomic E-state index is 0.347. The summed E-state index contributed by atoms with van der Waals surface area (Å²) in [4.78, 5) is 14.4. The van der Waals surface area contributed by atoms with E-state index in [1.54, 1.807) is 6.07 Å². The van der Waals surface area contributed by atoms with Crippen LogP contribution in [0.1, 0.15) is 15.9 Å². The quantitative estimate of drug-likeness (QED) is 0.505. The number of methoxy groups -OCH3 is 1. The fourth-order valence-corrected chi connectivity index (χ4v) is 3.21. The van der Waals surface area contributed by atoms with E-state index in [1.807, 2.05) is 54.5 Å². The maximum atomic E-state index is 12.1. The van der Waals surface area contributed by atoms with E-state index in [2.05, 4.69) is 10.00 Å². The zero-order valence-electron chi connectivity index (χ0n) is 14.9. The van der Waals surface area contributed by atoms with Crippen LogP contribution in [0.25, 0.3) is 10.8 Å². The van der Waals surface area contributed by atoms with Gasteiger partial charge >= 0.3 is 5.97 Å². The number of ether oxygens (including phenoxy) is 2. The van der Waals surface area contributed by atoms with Gasteiger partial charge in [-0.3, -0.25) is 9.58 Å². The van der Waals surface area contributed by atoms with E-state index in [4.69, 9.17) is 9.47 Å². The first-order valence-electron chi connectivity index (χ1n) is 8.60. The van der Waals surface area contributed by atoms with Gasteiger partial charge in [0.2, 0.25) is 0 Å². The molecule has 1 fully saturated rings. The molecule has 0 saturated carbocycles. The molecular weight excluding hydrogens is 330 g/mol. The van der Waals surface area contributed by atoms with Crippen LogP contribution in [0, 0.1) is 0 Å². The molecule has 134 valence electrons. The summed E-state index contributed by atoms with van der Waals surface area (Å²) in [7, 11) is 3.30. The van der Waals surface area contributed by atoms with Gasteiger partial charge in [-0.25, -0.2) is 4.79 Å². The molecule has 2 atom stereocenters. The van der Waals surface area contributed by atoms with E-state index >= 15 is 0 Å². The number of rotatable bonds is 6. The van der Waals surface area contributed by atoms with Gasteiger partial charge in [0.05, 0.1) is 19.3 Å². The van der Waals surface area contributed by atoms with Gasteiger partial charge in [-0.1, -0.05) is 30.3 Å². The highest BCUT2D eigenvalue weighted by Gasteiger charge is 2.35. The molecular formula is C20H21N3O3. The van der Waals surface area contributed by atoms with E-state index in [-0.39, 0.29) is 5.97 Å². The Balaban J connectivity index is 1.49. The fraction of sp³-hybridized carbons (Fsp3) is 0.300. The minimum atomic E-state index is -0.381. The number of fused-ring (bicyclic) bond motifs is 1. The summed E-state index contributed by atoms with van der Waals surface area (Å²) in [6.07, 6.45) is 3.91. The van der Waals surface area contributed by atoms with E-state index in [9.17, 15) is 4.79 Å². The molecule has 1 aliphatic heterocycles. The van der Waals surface area contributed by atoms with Gasteiger partial charge in [-0.05, 0) is 11.5 Å². The van der Waals surface area contributed by atoms with Crippen LogP contribution in [0.15, 0.2) is 48.8 Å². The topological polar surface area (TPSA) is 56.4 Å². The van der Waals surface area contributed by atoms with E-state index in [0.29, 0.717) is 24.0 Å². The molecule has 2 heterocycles. The summed E-state index contributed by atoms with van der Waals surface area (Å²) < 4.78 is 12.8. The predicted molar refractivity (Wildman–Crippen MR) is 98.2 cm³/mol. The Morgan fingerprint density at radius 3 is 2.88 bits per heavy atom. The number of carbonyl (C=O) groups is 1. The number of carbonyl (C=O) groups excluding carboxylic acids is 1. The van der Waals surface area contributed by atoms with Gasteiger partial charge in [0.25, 0.3) is 0 Å². The van der Waals surface area contributed by atoms with Crippen LogP contribution in [0.4, 0.5) is 0 Å². The molecule has 2 aromatic carbocycles. The van der Waals surface area contributed by atoms with Gasteiger partial charge in [-0.2, -0.15) is 5.10 Å². The number of hydrogen-bond acceptors (Lipinski definition) is 5. The predicted octanol–water partition coefficient (Wildman–Crippen LogP) is 2.62. The second kappa shape index (κ2) is 6.80. The summed E-state index contributed by atoms with van der Waals surface area (Å²) in [5, 5.41) is 6.16. The van der Waals surface area contributed by atoms with Crippen molar-refractivity contribution < 1.29 is 14.3 Å². The smallest absolute Gasteiger partial charge is 0.341 e. The summed E-state index contributed by atoms with van der Waals surface area (Å²) in [6.45, 7) is 2.38. The Morgan fingerprint density at radius 2 is 2.12 bits per heavy atom. The number of hydrogen-bond donors (Lipinski definition) is 0. The Labute approximate surface area is 151 Å². The Kier molecular flexibility index (Phi) is 4.34. The van der Waals surface area contributed by atoms with Crippen LogP contribution in [-0.2, 0) is 18.3 Å². The molecule has 1 aromatic heterocycles. The van der Waals surface area contributed by atoms with E-state index in [1.165, 1.54) is 12.7 Å². The highest BCUT2D eigenvalue weighted by atomic mass is 16.5. The molecule has 3 aromatic rings. The summed E-state index contributed by atoms with van der Waals surface area (Å²) in [6, 6.07) is 11.9. The Hall–Kier alpha value is -2.86. The SMILES string of the molecule is COC(=O)c1ccc2ccccc2c1OCC1CN1Cc1cnn(C)c1. The van der Waals surface area contributed by atoms with Gasteiger partial charge in [0.1, 0.15) is 17.9 Å². The third kappa shape index (κ3) is 3.28. The van der Waals surface area contributed by atoms with E-state index < -0.39 is 0 Å². The van der Waals surface area contributed by atoms with Crippen LogP contribution in [0.3, 0.4) is 0 Å². The van der Waals surface area contributed by atoms with Gasteiger partial charge < -0.3 is 9.47 Å². The summed E-state index contributed by atoms with van der Waals surface area (Å²) in [5.41, 5.74) is 1.65. The molecule has 6 nitrogen and oxygen atoms in total. The first kappa shape index (κ1) is 16.6. The first-order valence-corrected chi connectivity index (χ1v) is 8.60. The summed E-state index contributed by atoms with van der Waals surface area (Å²) in [5.74, 6) is 0.219. The monoisotopic (exact) mass is 351 g/mol. The molecule has 6 heteroatoms. The third-order valence-corrected chi connectivity index (χ3v) is 4.68. The average molecular weight is 351 g/mol. The molecule has 26 heavy (non-hydrogen) atoms. The normalized spacial score (nSPS) is 18.7. The first-order chi connectivity index (χ1) is 12.7. The van der Waals surface area contributed by atoms with Crippen LogP contribution in [0.2, 0.25) is 0 Å². The Bertz CT molecular complexity index is 950. The lowest BCUT2D eigenvalue weighted by molar-refractivity contribution is 0.0596. The lowest BCUT2D eigenvalue weighted by Gasteiger charge is -2.13. The number of nitrogens with zero attached hydrogens (tertiary/aromatic N) is 3. The zero-order chi connectivity index (χ0) is 18.1. The molecule has 0 spiro atoms. The highest BCUT2D eigenvalue weighted by molar-refractivity contribution is 6.01. The van der Waals surface area contributed by atoms with Crippen molar-refractivity contribution >= 4 is 16.7 Å². The van der Waals surface area contributed by atoms with Crippen molar-refractivity contribution in [2.24, 2.45) is 7.05 Å². The second-order valence-corrected chi connectivity index (χ2v) is 6.57. The molecule has 2 unspecified atom stereocenters. The van der Waals surface area contributed by atoms with Crippen molar-refractivity contribution in [2.75, 3.05) is 20.3 Å². The Morgan fingerprint density at radius 1 is 1.27 bits per heavy atom. The molecule has 1 aliphatic rings. The minimum Gasteiger partial charge on any atom is -0.490 e. The van der Waals surface area contributed by atoms with Gasteiger partial charge in [0.15, 0.2) is 0 Å². The van der Waals surface area contributed by atoms with Crippen molar-refractivity contribution in [3.8, 4) is 5.75 Å². The maximum Gasteiger partial charge on any atom is 0.341 e. The largest absolute Gasteiger partial charge is 0.490 e. The number of benzene rings is 2.